The van der Waals surface area contributed by atoms with E-state index in [-0.39, 0.29) is 5.69 Å². The lowest BCUT2D eigenvalue weighted by atomic mass is 10.1. The molecule has 0 unspecified atom stereocenters. The van der Waals surface area contributed by atoms with E-state index < -0.39 is 17.6 Å². The molecule has 0 amide bonds. The Labute approximate surface area is 138 Å². The summed E-state index contributed by atoms with van der Waals surface area (Å²) >= 11 is 3.37. The number of aromatic amines is 1. The molecule has 122 valence electrons. The fourth-order valence-corrected chi connectivity index (χ4v) is 2.86. The van der Waals surface area contributed by atoms with Crippen LogP contribution in [0.25, 0.3) is 0 Å². The summed E-state index contributed by atoms with van der Waals surface area (Å²) in [4.78, 5) is 19.4. The molecule has 8 heteroatoms. The molecule has 0 saturated heterocycles. The molecule has 1 aliphatic rings. The summed E-state index contributed by atoms with van der Waals surface area (Å²) in [6.07, 6.45) is -4.30. The van der Waals surface area contributed by atoms with Crippen molar-refractivity contribution in [1.82, 2.24) is 14.9 Å². The summed E-state index contributed by atoms with van der Waals surface area (Å²) in [5.74, 6) is -1.22. The van der Waals surface area contributed by atoms with E-state index in [1.54, 1.807) is 0 Å². The van der Waals surface area contributed by atoms with E-state index >= 15 is 0 Å². The van der Waals surface area contributed by atoms with Crippen molar-refractivity contribution < 1.29 is 13.2 Å². The van der Waals surface area contributed by atoms with Gasteiger partial charge < -0.3 is 4.98 Å². The van der Waals surface area contributed by atoms with E-state index in [0.717, 1.165) is 10.0 Å². The van der Waals surface area contributed by atoms with Crippen LogP contribution in [0.15, 0.2) is 33.5 Å². The van der Waals surface area contributed by atoms with Crippen LogP contribution < -0.4 is 5.56 Å². The van der Waals surface area contributed by atoms with Crippen molar-refractivity contribution in [2.24, 2.45) is 0 Å². The summed E-state index contributed by atoms with van der Waals surface area (Å²) in [6.45, 7) is 1.50. The summed E-state index contributed by atoms with van der Waals surface area (Å²) in [5.41, 5.74) is 0.935. The normalized spacial score (nSPS) is 15.5. The van der Waals surface area contributed by atoms with Gasteiger partial charge in [0.05, 0.1) is 11.3 Å². The number of alkyl halides is 3. The molecule has 0 bridgehead atoms. The minimum Gasteiger partial charge on any atom is -0.303 e. The van der Waals surface area contributed by atoms with Gasteiger partial charge in [-0.2, -0.15) is 13.2 Å². The van der Waals surface area contributed by atoms with Gasteiger partial charge in [0, 0.05) is 30.5 Å². The lowest BCUT2D eigenvalue weighted by Crippen LogP contribution is -2.36. The maximum Gasteiger partial charge on any atom is 0.449 e. The molecule has 1 N–H and O–H groups in total. The number of fused-ring (bicyclic) bond motifs is 1. The Bertz CT molecular complexity index is 771. The molecular weight excluding hydrogens is 375 g/mol. The number of H-pyrrole nitrogens is 1. The average Bonchev–Trinajstić information content (AvgIpc) is 2.49. The largest absolute Gasteiger partial charge is 0.449 e. The Morgan fingerprint density at radius 2 is 1.96 bits per heavy atom. The molecule has 0 atom stereocenters. The highest BCUT2D eigenvalue weighted by atomic mass is 79.9. The first-order chi connectivity index (χ1) is 10.8. The van der Waals surface area contributed by atoms with E-state index in [1.165, 1.54) is 0 Å². The van der Waals surface area contributed by atoms with Crippen LogP contribution in [0, 0.1) is 0 Å². The molecule has 1 aliphatic heterocycles. The maximum atomic E-state index is 12.7. The number of rotatable bonds is 2. The Kier molecular flexibility index (Phi) is 4.29. The molecular formula is C15H13BrF3N3O. The number of halogens is 4. The van der Waals surface area contributed by atoms with Crippen LogP contribution in [-0.2, 0) is 25.7 Å². The summed E-state index contributed by atoms with van der Waals surface area (Å²) in [5, 5.41) is 0. The van der Waals surface area contributed by atoms with Crippen molar-refractivity contribution in [1.29, 1.82) is 0 Å². The van der Waals surface area contributed by atoms with Gasteiger partial charge in [0.15, 0.2) is 0 Å². The zero-order chi connectivity index (χ0) is 16.6. The Morgan fingerprint density at radius 1 is 1.26 bits per heavy atom. The summed E-state index contributed by atoms with van der Waals surface area (Å²) in [7, 11) is 0. The fraction of sp³-hybridized carbons (Fsp3) is 0.333. The lowest BCUT2D eigenvalue weighted by molar-refractivity contribution is -0.145. The number of nitrogens with zero attached hydrogens (tertiary/aromatic N) is 2. The number of aromatic nitrogens is 2. The quantitative estimate of drug-likeness (QED) is 0.861. The van der Waals surface area contributed by atoms with Gasteiger partial charge in [-0.15, -0.1) is 0 Å². The third-order valence-electron chi connectivity index (χ3n) is 3.74. The molecule has 1 aromatic carbocycles. The van der Waals surface area contributed by atoms with Gasteiger partial charge in [-0.25, -0.2) is 4.98 Å². The van der Waals surface area contributed by atoms with Crippen LogP contribution in [0.2, 0.25) is 0 Å². The van der Waals surface area contributed by atoms with Gasteiger partial charge in [-0.3, -0.25) is 9.69 Å². The first kappa shape index (κ1) is 16.2. The topological polar surface area (TPSA) is 49.0 Å². The Hall–Kier alpha value is -1.67. The second-order valence-electron chi connectivity index (χ2n) is 5.42. The number of nitrogens with one attached hydrogen (secondary N) is 1. The van der Waals surface area contributed by atoms with E-state index in [9.17, 15) is 18.0 Å². The SMILES string of the molecule is O=c1[nH]c(C(F)(F)F)nc2c1CN(Cc1ccc(Br)cc1)CC2. The molecule has 2 heterocycles. The third kappa shape index (κ3) is 3.64. The number of hydrogen-bond donors (Lipinski definition) is 1. The van der Waals surface area contributed by atoms with Gasteiger partial charge in [-0.05, 0) is 17.7 Å². The predicted molar refractivity (Wildman–Crippen MR) is 81.8 cm³/mol. The summed E-state index contributed by atoms with van der Waals surface area (Å²) < 4.78 is 39.0. The second-order valence-corrected chi connectivity index (χ2v) is 6.34. The first-order valence-electron chi connectivity index (χ1n) is 6.99. The molecule has 4 nitrogen and oxygen atoms in total. The van der Waals surface area contributed by atoms with Crippen LogP contribution in [0.4, 0.5) is 13.2 Å². The Balaban J connectivity index is 1.81. The van der Waals surface area contributed by atoms with Crippen LogP contribution in [0.5, 0.6) is 0 Å². The van der Waals surface area contributed by atoms with E-state index in [4.69, 9.17) is 0 Å². The van der Waals surface area contributed by atoms with Gasteiger partial charge in [0.25, 0.3) is 5.56 Å². The van der Waals surface area contributed by atoms with Crippen LogP contribution in [0.1, 0.15) is 22.6 Å². The molecule has 1 aromatic heterocycles. The lowest BCUT2D eigenvalue weighted by Gasteiger charge is -2.27. The van der Waals surface area contributed by atoms with Gasteiger partial charge >= 0.3 is 6.18 Å². The van der Waals surface area contributed by atoms with Gasteiger partial charge in [0.2, 0.25) is 5.82 Å². The van der Waals surface area contributed by atoms with Crippen LogP contribution in [-0.4, -0.2) is 21.4 Å². The zero-order valence-electron chi connectivity index (χ0n) is 12.0. The molecule has 2 aromatic rings. The molecule has 0 spiro atoms. The van der Waals surface area contributed by atoms with Crippen molar-refractivity contribution in [2.75, 3.05) is 6.54 Å². The fourth-order valence-electron chi connectivity index (χ4n) is 2.60. The monoisotopic (exact) mass is 387 g/mol. The van der Waals surface area contributed by atoms with Crippen molar-refractivity contribution >= 4 is 15.9 Å². The van der Waals surface area contributed by atoms with Crippen molar-refractivity contribution in [3.63, 3.8) is 0 Å². The highest BCUT2D eigenvalue weighted by Gasteiger charge is 2.35. The van der Waals surface area contributed by atoms with E-state index in [2.05, 4.69) is 20.9 Å². The maximum absolute atomic E-state index is 12.7. The molecule has 0 fully saturated rings. The van der Waals surface area contributed by atoms with Crippen LogP contribution in [0.3, 0.4) is 0 Å². The third-order valence-corrected chi connectivity index (χ3v) is 4.26. The summed E-state index contributed by atoms with van der Waals surface area (Å²) in [6, 6.07) is 7.79. The molecule has 0 saturated carbocycles. The van der Waals surface area contributed by atoms with Crippen LogP contribution >= 0.6 is 15.9 Å². The predicted octanol–water partition coefficient (Wildman–Crippen LogP) is 3.11. The first-order valence-corrected chi connectivity index (χ1v) is 7.78. The smallest absolute Gasteiger partial charge is 0.303 e. The molecule has 23 heavy (non-hydrogen) atoms. The molecule has 0 aliphatic carbocycles. The standard InChI is InChI=1S/C15H13BrF3N3O/c16-10-3-1-9(2-4-10)7-22-6-5-12-11(8-22)13(23)21-14(20-12)15(17,18)19/h1-4H,5-8H2,(H,20,21,23). The van der Waals surface area contributed by atoms with E-state index in [0.29, 0.717) is 31.6 Å². The second kappa shape index (κ2) is 6.09. The van der Waals surface area contributed by atoms with Crippen molar-refractivity contribution in [3.8, 4) is 0 Å². The molecule has 0 radical (unpaired) electrons. The van der Waals surface area contributed by atoms with Crippen molar-refractivity contribution in [3.05, 3.63) is 61.7 Å². The van der Waals surface area contributed by atoms with Gasteiger partial charge in [0.1, 0.15) is 0 Å². The minimum atomic E-state index is -4.64. The highest BCUT2D eigenvalue weighted by molar-refractivity contribution is 9.10. The highest BCUT2D eigenvalue weighted by Crippen LogP contribution is 2.26. The molecule has 3 rings (SSSR count). The minimum absolute atomic E-state index is 0.244. The van der Waals surface area contributed by atoms with Crippen molar-refractivity contribution in [2.45, 2.75) is 25.7 Å². The zero-order valence-corrected chi connectivity index (χ0v) is 13.5. The van der Waals surface area contributed by atoms with E-state index in [1.807, 2.05) is 34.1 Å². The number of benzene rings is 1. The Morgan fingerprint density at radius 3 is 2.61 bits per heavy atom. The van der Waals surface area contributed by atoms with Gasteiger partial charge in [-0.1, -0.05) is 28.1 Å². The number of hydrogen-bond acceptors (Lipinski definition) is 3. The average molecular weight is 388 g/mol.